The highest BCUT2D eigenvalue weighted by Gasteiger charge is 1.95. The number of nitrogens with two attached hydrogens (primary N) is 2. The lowest BCUT2D eigenvalue weighted by atomic mass is 10.2. The van der Waals surface area contributed by atoms with Gasteiger partial charge in [-0.2, -0.15) is 5.10 Å². The Morgan fingerprint density at radius 3 is 2.17 bits per heavy atom. The first kappa shape index (κ1) is 11.3. The fourth-order valence-corrected chi connectivity index (χ4v) is 0.960. The minimum Gasteiger partial charge on any atom is -0.382 e. The molecule has 0 unspecified atom stereocenters. The molecule has 0 saturated heterocycles. The summed E-state index contributed by atoms with van der Waals surface area (Å²) in [6, 6.07) is 7.45. The number of halogens is 2. The van der Waals surface area contributed by atoms with Crippen molar-refractivity contribution in [1.29, 1.82) is 0 Å². The Morgan fingerprint density at radius 2 is 1.75 bits per heavy atom. The molecule has 0 aromatic heterocycles. The van der Waals surface area contributed by atoms with Crippen molar-refractivity contribution in [3.05, 3.63) is 34.3 Å². The third-order valence-electron chi connectivity index (χ3n) is 1.28. The Hall–Kier alpha value is -0.740. The summed E-state index contributed by atoms with van der Waals surface area (Å²) >= 11 is 3.30. The molecule has 0 aliphatic rings. The lowest BCUT2D eigenvalue weighted by Gasteiger charge is -1.97. The highest BCUT2D eigenvalue weighted by Crippen LogP contribution is 2.09. The van der Waals surface area contributed by atoms with Gasteiger partial charge in [-0.1, -0.05) is 28.1 Å². The molecule has 0 fully saturated rings. The van der Waals surface area contributed by atoms with Crippen LogP contribution in [0.5, 0.6) is 0 Å². The van der Waals surface area contributed by atoms with Crippen LogP contribution in [0.15, 0.2) is 33.8 Å². The van der Waals surface area contributed by atoms with Gasteiger partial charge in [-0.05, 0) is 12.1 Å². The van der Waals surface area contributed by atoms with Crippen molar-refractivity contribution in [2.75, 3.05) is 0 Å². The van der Waals surface area contributed by atoms with Gasteiger partial charge in [-0.25, -0.2) is 0 Å². The normalized spacial score (nSPS) is 10.6. The number of amidine groups is 1. The van der Waals surface area contributed by atoms with E-state index in [-0.39, 0.29) is 12.4 Å². The molecule has 1 rings (SSSR count). The second kappa shape index (κ2) is 5.00. The van der Waals surface area contributed by atoms with Gasteiger partial charge in [0.25, 0.3) is 0 Å². The van der Waals surface area contributed by atoms with Gasteiger partial charge in [0.2, 0.25) is 0 Å². The summed E-state index contributed by atoms with van der Waals surface area (Å²) in [4.78, 5) is 0. The summed E-state index contributed by atoms with van der Waals surface area (Å²) in [5.41, 5.74) is 6.28. The van der Waals surface area contributed by atoms with Crippen LogP contribution in [0.2, 0.25) is 0 Å². The molecular formula is C7H9BrClN3. The maximum Gasteiger partial charge on any atom is 0.150 e. The van der Waals surface area contributed by atoms with Crippen molar-refractivity contribution >= 4 is 34.2 Å². The van der Waals surface area contributed by atoms with Crippen molar-refractivity contribution in [3.63, 3.8) is 0 Å². The highest BCUT2D eigenvalue weighted by molar-refractivity contribution is 9.10. The van der Waals surface area contributed by atoms with Crippen molar-refractivity contribution in [1.82, 2.24) is 0 Å². The maximum atomic E-state index is 5.45. The molecule has 12 heavy (non-hydrogen) atoms. The molecule has 0 radical (unpaired) electrons. The minimum absolute atomic E-state index is 0. The van der Waals surface area contributed by atoms with Gasteiger partial charge in [0.15, 0.2) is 0 Å². The average Bonchev–Trinajstić information content (AvgIpc) is 2.05. The second-order valence-corrected chi connectivity index (χ2v) is 2.94. The Bertz CT molecular complexity index is 270. The lowest BCUT2D eigenvalue weighted by Crippen LogP contribution is -2.14. The summed E-state index contributed by atoms with van der Waals surface area (Å²) in [5.74, 6) is 5.34. The Labute approximate surface area is 85.4 Å². The Morgan fingerprint density at radius 1 is 1.25 bits per heavy atom. The molecule has 0 spiro atoms. The predicted molar refractivity (Wildman–Crippen MR) is 56.3 cm³/mol. The van der Waals surface area contributed by atoms with Gasteiger partial charge in [0.05, 0.1) is 0 Å². The molecular weight excluding hydrogens is 241 g/mol. The third kappa shape index (κ3) is 2.71. The van der Waals surface area contributed by atoms with Gasteiger partial charge in [-0.3, -0.25) is 0 Å². The van der Waals surface area contributed by atoms with Gasteiger partial charge < -0.3 is 11.6 Å². The standard InChI is InChI=1S/C7H8BrN3.ClH/c8-6-3-1-5(2-4-6)7(9)11-10;/h1-4H,10H2,(H2,9,11);1H. The Kier molecular flexibility index (Phi) is 4.70. The number of benzene rings is 1. The molecule has 0 bridgehead atoms. The molecule has 1 aromatic carbocycles. The predicted octanol–water partition coefficient (Wildman–Crippen LogP) is 1.45. The number of hydrogen-bond donors (Lipinski definition) is 2. The number of hydrazone groups is 1. The van der Waals surface area contributed by atoms with Crippen molar-refractivity contribution < 1.29 is 0 Å². The van der Waals surface area contributed by atoms with Gasteiger partial charge >= 0.3 is 0 Å². The molecule has 0 saturated carbocycles. The zero-order valence-electron chi connectivity index (χ0n) is 6.20. The van der Waals surface area contributed by atoms with Crippen LogP contribution in [0.3, 0.4) is 0 Å². The van der Waals surface area contributed by atoms with Crippen LogP contribution in [0.4, 0.5) is 0 Å². The average molecular weight is 251 g/mol. The molecule has 0 aliphatic heterocycles. The van der Waals surface area contributed by atoms with E-state index in [0.717, 1.165) is 10.0 Å². The molecule has 0 heterocycles. The van der Waals surface area contributed by atoms with Crippen molar-refractivity contribution in [2.45, 2.75) is 0 Å². The fraction of sp³-hybridized carbons (Fsp3) is 0. The molecule has 0 aliphatic carbocycles. The van der Waals surface area contributed by atoms with Crippen molar-refractivity contribution in [3.8, 4) is 0 Å². The van der Waals surface area contributed by atoms with E-state index in [1.807, 2.05) is 24.3 Å². The molecule has 0 atom stereocenters. The molecule has 0 amide bonds. The summed E-state index contributed by atoms with van der Waals surface area (Å²) in [7, 11) is 0. The zero-order chi connectivity index (χ0) is 8.27. The Balaban J connectivity index is 0.00000121. The van der Waals surface area contributed by atoms with Crippen LogP contribution in [0.25, 0.3) is 0 Å². The third-order valence-corrected chi connectivity index (χ3v) is 1.81. The molecule has 3 nitrogen and oxygen atoms in total. The van der Waals surface area contributed by atoms with Crippen LogP contribution in [0, 0.1) is 0 Å². The van der Waals surface area contributed by atoms with Crippen molar-refractivity contribution in [2.24, 2.45) is 16.7 Å². The van der Waals surface area contributed by atoms with Crippen LogP contribution in [-0.4, -0.2) is 5.84 Å². The fourth-order valence-electron chi connectivity index (χ4n) is 0.695. The lowest BCUT2D eigenvalue weighted by molar-refractivity contribution is 1.23. The summed E-state index contributed by atoms with van der Waals surface area (Å²) in [6.45, 7) is 0. The summed E-state index contributed by atoms with van der Waals surface area (Å²) in [5, 5.41) is 3.37. The van der Waals surface area contributed by atoms with Crippen LogP contribution >= 0.6 is 28.3 Å². The summed E-state index contributed by atoms with van der Waals surface area (Å²) < 4.78 is 1.01. The van der Waals surface area contributed by atoms with E-state index in [1.165, 1.54) is 0 Å². The van der Waals surface area contributed by atoms with Gasteiger partial charge in [0.1, 0.15) is 5.84 Å². The summed E-state index contributed by atoms with van der Waals surface area (Å²) in [6.07, 6.45) is 0. The quantitative estimate of drug-likeness (QED) is 0.343. The first-order valence-corrected chi connectivity index (χ1v) is 3.82. The highest BCUT2D eigenvalue weighted by atomic mass is 79.9. The van der Waals surface area contributed by atoms with E-state index in [0.29, 0.717) is 5.84 Å². The van der Waals surface area contributed by atoms with E-state index < -0.39 is 0 Å². The van der Waals surface area contributed by atoms with E-state index >= 15 is 0 Å². The van der Waals surface area contributed by atoms with Crippen LogP contribution in [0.1, 0.15) is 5.56 Å². The van der Waals surface area contributed by atoms with Gasteiger partial charge in [-0.15, -0.1) is 12.4 Å². The van der Waals surface area contributed by atoms with Crippen LogP contribution in [-0.2, 0) is 0 Å². The molecule has 1 aromatic rings. The monoisotopic (exact) mass is 249 g/mol. The molecule has 66 valence electrons. The zero-order valence-corrected chi connectivity index (χ0v) is 8.60. The largest absolute Gasteiger partial charge is 0.382 e. The van der Waals surface area contributed by atoms with Gasteiger partial charge in [0, 0.05) is 10.0 Å². The van der Waals surface area contributed by atoms with E-state index in [9.17, 15) is 0 Å². The van der Waals surface area contributed by atoms with E-state index in [4.69, 9.17) is 11.6 Å². The van der Waals surface area contributed by atoms with E-state index in [2.05, 4.69) is 21.0 Å². The number of nitrogens with zero attached hydrogens (tertiary/aromatic N) is 1. The topological polar surface area (TPSA) is 64.4 Å². The maximum absolute atomic E-state index is 5.45. The SMILES string of the molecule is Cl.NN=C(N)c1ccc(Br)cc1. The first-order chi connectivity index (χ1) is 5.24. The smallest absolute Gasteiger partial charge is 0.150 e. The number of rotatable bonds is 1. The molecule has 5 heteroatoms. The first-order valence-electron chi connectivity index (χ1n) is 3.03. The number of hydrogen-bond acceptors (Lipinski definition) is 2. The molecule has 4 N–H and O–H groups in total. The van der Waals surface area contributed by atoms with Crippen LogP contribution < -0.4 is 11.6 Å². The second-order valence-electron chi connectivity index (χ2n) is 2.02. The van der Waals surface area contributed by atoms with E-state index in [1.54, 1.807) is 0 Å². The minimum atomic E-state index is 0.